The van der Waals surface area contributed by atoms with Gasteiger partial charge in [-0.25, -0.2) is 0 Å². The zero-order chi connectivity index (χ0) is 18.7. The molecule has 1 fully saturated rings. The molecule has 0 atom stereocenters. The monoisotopic (exact) mass is 368 g/mol. The van der Waals surface area contributed by atoms with Crippen LogP contribution in [0.5, 0.6) is 0 Å². The molecule has 0 saturated carbocycles. The van der Waals surface area contributed by atoms with Crippen molar-refractivity contribution in [2.24, 2.45) is 5.41 Å². The lowest BCUT2D eigenvalue weighted by Crippen LogP contribution is -2.44. The summed E-state index contributed by atoms with van der Waals surface area (Å²) >= 11 is 0. The average molecular weight is 368 g/mol. The van der Waals surface area contributed by atoms with E-state index in [1.54, 1.807) is 0 Å². The second-order valence-corrected chi connectivity index (χ2v) is 7.92. The molecular weight excluding hydrogens is 340 g/mol. The first-order valence-electron chi connectivity index (χ1n) is 10.0. The van der Waals surface area contributed by atoms with E-state index in [1.165, 1.54) is 5.56 Å². The van der Waals surface area contributed by atoms with E-state index in [4.69, 9.17) is 0 Å². The van der Waals surface area contributed by atoms with Crippen molar-refractivity contribution >= 4 is 5.91 Å². The Labute approximate surface area is 160 Å². The first-order chi connectivity index (χ1) is 13.2. The van der Waals surface area contributed by atoms with E-state index < -0.39 is 0 Å². The Kier molecular flexibility index (Phi) is 5.20. The largest absolute Gasteiger partial charge is 0.349 e. The molecule has 4 rings (SSSR count). The van der Waals surface area contributed by atoms with Crippen LogP contribution < -0.4 is 5.32 Å². The van der Waals surface area contributed by atoms with Crippen LogP contribution in [0.2, 0.25) is 0 Å². The summed E-state index contributed by atoms with van der Waals surface area (Å²) in [5, 5.41) is 11.4. The summed E-state index contributed by atoms with van der Waals surface area (Å²) in [6, 6.07) is 4.14. The predicted molar refractivity (Wildman–Crippen MR) is 102 cm³/mol. The number of carbonyl (C=O) groups is 1. The Morgan fingerprint density at radius 2 is 2.11 bits per heavy atom. The van der Waals surface area contributed by atoms with Crippen molar-refractivity contribution in [3.05, 3.63) is 41.7 Å². The number of amides is 1. The lowest BCUT2D eigenvalue weighted by atomic mass is 9.73. The summed E-state index contributed by atoms with van der Waals surface area (Å²) in [4.78, 5) is 19.1. The fraction of sp³-hybridized carbons (Fsp3) is 0.600. The van der Waals surface area contributed by atoms with Gasteiger partial charge in [0.2, 0.25) is 5.82 Å². The maximum absolute atomic E-state index is 12.4. The number of nitrogens with one attached hydrogen (secondary N) is 1. The Morgan fingerprint density at radius 1 is 1.26 bits per heavy atom. The average Bonchev–Trinajstić information content (AvgIpc) is 3.12. The summed E-state index contributed by atoms with van der Waals surface area (Å²) in [6.45, 7) is 6.73. The van der Waals surface area contributed by atoms with Crippen LogP contribution in [0.4, 0.5) is 0 Å². The summed E-state index contributed by atoms with van der Waals surface area (Å²) in [5.41, 5.74) is 1.54. The molecule has 1 saturated heterocycles. The minimum Gasteiger partial charge on any atom is -0.349 e. The van der Waals surface area contributed by atoms with Crippen LogP contribution >= 0.6 is 0 Å². The van der Waals surface area contributed by atoms with Crippen LogP contribution in [0.25, 0.3) is 0 Å². The summed E-state index contributed by atoms with van der Waals surface area (Å²) in [6.07, 6.45) is 9.06. The van der Waals surface area contributed by atoms with Gasteiger partial charge >= 0.3 is 0 Å². The molecule has 1 N–H and O–H groups in total. The van der Waals surface area contributed by atoms with E-state index in [9.17, 15) is 4.79 Å². The van der Waals surface area contributed by atoms with Gasteiger partial charge in [0.15, 0.2) is 0 Å². The number of likely N-dealkylation sites (tertiary alicyclic amines) is 1. The molecule has 0 aliphatic carbocycles. The Bertz CT molecular complexity index is 779. The van der Waals surface area contributed by atoms with Crippen molar-refractivity contribution in [1.29, 1.82) is 0 Å². The van der Waals surface area contributed by atoms with Gasteiger partial charge in [0.1, 0.15) is 5.82 Å². The van der Waals surface area contributed by atoms with Gasteiger partial charge in [-0.3, -0.25) is 14.7 Å². The fourth-order valence-electron chi connectivity index (χ4n) is 4.31. The molecule has 2 aromatic rings. The van der Waals surface area contributed by atoms with Crippen LogP contribution in [-0.2, 0) is 19.5 Å². The number of hydrogen-bond acceptors (Lipinski definition) is 5. The molecule has 2 aliphatic rings. The van der Waals surface area contributed by atoms with E-state index >= 15 is 0 Å². The minimum absolute atomic E-state index is 0.0957. The Balaban J connectivity index is 1.41. The van der Waals surface area contributed by atoms with Crippen LogP contribution in [-0.4, -0.2) is 50.2 Å². The second kappa shape index (κ2) is 7.76. The number of piperidine rings is 1. The molecular formula is C20H28N6O. The number of rotatable bonds is 5. The summed E-state index contributed by atoms with van der Waals surface area (Å²) < 4.78 is 2.07. The van der Waals surface area contributed by atoms with Gasteiger partial charge in [0, 0.05) is 38.4 Å². The number of fused-ring (bicyclic) bond motifs is 1. The van der Waals surface area contributed by atoms with E-state index in [2.05, 4.69) is 36.0 Å². The fourth-order valence-corrected chi connectivity index (χ4v) is 4.31. The molecule has 2 aromatic heterocycles. The van der Waals surface area contributed by atoms with Gasteiger partial charge in [-0.1, -0.05) is 13.0 Å². The molecule has 27 heavy (non-hydrogen) atoms. The SMILES string of the molecule is CCCNC(=O)c1nnc2n1CC1(CC2)CCN(Cc2cccnc2)CC1. The summed E-state index contributed by atoms with van der Waals surface area (Å²) in [5.74, 6) is 1.34. The van der Waals surface area contributed by atoms with Crippen LogP contribution in [0, 0.1) is 5.41 Å². The molecule has 7 heteroatoms. The lowest BCUT2D eigenvalue weighted by molar-refractivity contribution is 0.0617. The number of carbonyl (C=O) groups excluding carboxylic acids is 1. The normalized spacial score (nSPS) is 19.0. The molecule has 4 heterocycles. The number of aromatic nitrogens is 4. The van der Waals surface area contributed by atoms with Gasteiger partial charge in [0.25, 0.3) is 5.91 Å². The molecule has 1 spiro atoms. The van der Waals surface area contributed by atoms with Crippen molar-refractivity contribution in [2.45, 2.75) is 52.1 Å². The van der Waals surface area contributed by atoms with Gasteiger partial charge < -0.3 is 9.88 Å². The highest BCUT2D eigenvalue weighted by molar-refractivity contribution is 5.90. The van der Waals surface area contributed by atoms with E-state index in [0.29, 0.717) is 12.4 Å². The third kappa shape index (κ3) is 3.88. The van der Waals surface area contributed by atoms with Gasteiger partial charge in [-0.15, -0.1) is 10.2 Å². The molecule has 1 amide bonds. The van der Waals surface area contributed by atoms with Crippen molar-refractivity contribution in [1.82, 2.24) is 30.0 Å². The van der Waals surface area contributed by atoms with Crippen molar-refractivity contribution in [3.63, 3.8) is 0 Å². The van der Waals surface area contributed by atoms with Crippen LogP contribution in [0.1, 0.15) is 54.6 Å². The Hall–Kier alpha value is -2.28. The topological polar surface area (TPSA) is 75.9 Å². The van der Waals surface area contributed by atoms with Gasteiger partial charge in [-0.05, 0) is 55.8 Å². The molecule has 0 unspecified atom stereocenters. The molecule has 144 valence electrons. The number of hydrogen-bond donors (Lipinski definition) is 1. The molecule has 0 aromatic carbocycles. The van der Waals surface area contributed by atoms with E-state index in [0.717, 1.165) is 64.1 Å². The highest BCUT2D eigenvalue weighted by atomic mass is 16.2. The van der Waals surface area contributed by atoms with Crippen molar-refractivity contribution < 1.29 is 4.79 Å². The van der Waals surface area contributed by atoms with Gasteiger partial charge in [0.05, 0.1) is 0 Å². The minimum atomic E-state index is -0.0957. The van der Waals surface area contributed by atoms with Crippen molar-refractivity contribution in [2.75, 3.05) is 19.6 Å². The number of aryl methyl sites for hydroxylation is 1. The molecule has 0 bridgehead atoms. The molecule has 7 nitrogen and oxygen atoms in total. The third-order valence-electron chi connectivity index (χ3n) is 5.98. The molecule has 0 radical (unpaired) electrons. The number of nitrogens with zero attached hydrogens (tertiary/aromatic N) is 5. The second-order valence-electron chi connectivity index (χ2n) is 7.92. The van der Waals surface area contributed by atoms with E-state index in [1.807, 2.05) is 25.4 Å². The standard InChI is InChI=1S/C20H28N6O/c1-2-9-22-19(27)18-24-23-17-5-6-20(15-26(17)18)7-11-25(12-8-20)14-16-4-3-10-21-13-16/h3-4,10,13H,2,5-9,11-12,14-15H2,1H3,(H,22,27). The van der Waals surface area contributed by atoms with Crippen LogP contribution in [0.15, 0.2) is 24.5 Å². The first-order valence-corrected chi connectivity index (χ1v) is 10.0. The quantitative estimate of drug-likeness (QED) is 0.874. The van der Waals surface area contributed by atoms with Gasteiger partial charge in [-0.2, -0.15) is 0 Å². The van der Waals surface area contributed by atoms with E-state index in [-0.39, 0.29) is 11.3 Å². The number of pyridine rings is 1. The lowest BCUT2D eigenvalue weighted by Gasteiger charge is -2.44. The van der Waals surface area contributed by atoms with Crippen LogP contribution in [0.3, 0.4) is 0 Å². The summed E-state index contributed by atoms with van der Waals surface area (Å²) in [7, 11) is 0. The zero-order valence-electron chi connectivity index (χ0n) is 16.0. The zero-order valence-corrected chi connectivity index (χ0v) is 16.0. The highest BCUT2D eigenvalue weighted by Gasteiger charge is 2.39. The maximum atomic E-state index is 12.4. The van der Waals surface area contributed by atoms with Crippen molar-refractivity contribution in [3.8, 4) is 0 Å². The predicted octanol–water partition coefficient (Wildman–Crippen LogP) is 2.04. The smallest absolute Gasteiger partial charge is 0.289 e. The highest BCUT2D eigenvalue weighted by Crippen LogP contribution is 2.41. The Morgan fingerprint density at radius 3 is 2.85 bits per heavy atom. The first kappa shape index (κ1) is 18.1. The molecule has 2 aliphatic heterocycles. The maximum Gasteiger partial charge on any atom is 0.289 e. The third-order valence-corrected chi connectivity index (χ3v) is 5.98.